The van der Waals surface area contributed by atoms with Gasteiger partial charge < -0.3 is 5.11 Å². The summed E-state index contributed by atoms with van der Waals surface area (Å²) in [6, 6.07) is 3.73. The second kappa shape index (κ2) is 3.52. The molecule has 7 heteroatoms. The lowest BCUT2D eigenvalue weighted by Gasteiger charge is -1.99. The van der Waals surface area contributed by atoms with E-state index in [1.807, 2.05) is 0 Å². The molecule has 0 aliphatic heterocycles. The van der Waals surface area contributed by atoms with Gasteiger partial charge in [-0.15, -0.1) is 0 Å². The van der Waals surface area contributed by atoms with Gasteiger partial charge in [-0.05, 0) is 12.1 Å². The number of fused-ring (bicyclic) bond motifs is 2. The minimum absolute atomic E-state index is 0.120. The highest BCUT2D eigenvalue weighted by molar-refractivity contribution is 5.89. The van der Waals surface area contributed by atoms with Crippen LogP contribution in [0.25, 0.3) is 22.1 Å². The Morgan fingerprint density at radius 2 is 1.47 bits per heavy atom. The van der Waals surface area contributed by atoms with Crippen LogP contribution in [0.3, 0.4) is 0 Å². The quantitative estimate of drug-likeness (QED) is 0.397. The van der Waals surface area contributed by atoms with E-state index in [1.165, 1.54) is 12.1 Å². The number of nitrogens with zero attached hydrogens (tertiary/aromatic N) is 2. The molecular weight excluding hydrogens is 252 g/mol. The van der Waals surface area contributed by atoms with Crippen molar-refractivity contribution < 1.29 is 5.11 Å². The summed E-state index contributed by atoms with van der Waals surface area (Å²) in [5.41, 5.74) is -4.53. The molecule has 3 aromatic rings. The van der Waals surface area contributed by atoms with Crippen molar-refractivity contribution >= 4 is 22.1 Å². The zero-order chi connectivity index (χ0) is 13.7. The van der Waals surface area contributed by atoms with Crippen LogP contribution < -0.4 is 21.7 Å². The third-order valence-electron chi connectivity index (χ3n) is 2.70. The number of rotatable bonds is 0. The lowest BCUT2D eigenvalue weighted by molar-refractivity contribution is 0.474. The minimum atomic E-state index is -1.36. The Balaban J connectivity index is 2.71. The summed E-state index contributed by atoms with van der Waals surface area (Å²) in [5, 5.41) is 9.56. The summed E-state index contributed by atoms with van der Waals surface area (Å²) in [6.07, 6.45) is 0. The summed E-state index contributed by atoms with van der Waals surface area (Å²) in [7, 11) is 0. The van der Waals surface area contributed by atoms with Gasteiger partial charge in [0.1, 0.15) is 11.0 Å². The molecule has 3 rings (SSSR count). The zero-order valence-corrected chi connectivity index (χ0v) is 9.21. The Bertz CT molecular complexity index is 1050. The van der Waals surface area contributed by atoms with Gasteiger partial charge >= 0.3 is 0 Å². The van der Waals surface area contributed by atoms with Crippen LogP contribution >= 0.6 is 0 Å². The monoisotopic (exact) mass is 256 g/mol. The first kappa shape index (κ1) is 11.1. The van der Waals surface area contributed by atoms with Crippen LogP contribution in [-0.2, 0) is 0 Å². The van der Waals surface area contributed by atoms with Gasteiger partial charge in [0.05, 0.1) is 11.0 Å². The van der Waals surface area contributed by atoms with Crippen molar-refractivity contribution in [3.8, 4) is 5.75 Å². The largest absolute Gasteiger partial charge is 0.502 e. The maximum Gasteiger partial charge on any atom is 0.279 e. The molecule has 1 aromatic heterocycles. The molecule has 92 valence electrons. The predicted molar refractivity (Wildman–Crippen MR) is 66.2 cm³/mol. The molecule has 0 aliphatic rings. The highest BCUT2D eigenvalue weighted by atomic mass is 16.3. The number of hydrogen-bond donors (Lipinski definition) is 1. The molecule has 0 fully saturated rings. The fourth-order valence-corrected chi connectivity index (χ4v) is 1.78. The van der Waals surface area contributed by atoms with Crippen LogP contribution in [0.15, 0.2) is 37.4 Å². The number of aromatic nitrogens is 2. The molecular formula is C12H4N2O5. The van der Waals surface area contributed by atoms with Crippen molar-refractivity contribution in [2.24, 2.45) is 0 Å². The van der Waals surface area contributed by atoms with E-state index >= 15 is 0 Å². The number of phenolic OH excluding ortho intramolecular Hbond substituents is 1. The Kier molecular flexibility index (Phi) is 2.06. The predicted octanol–water partition coefficient (Wildman–Crippen LogP) is -1.19. The molecule has 2 aromatic carbocycles. The van der Waals surface area contributed by atoms with E-state index in [9.17, 15) is 24.3 Å². The molecule has 1 heterocycles. The molecule has 0 atom stereocenters. The Morgan fingerprint density at radius 3 is 2.21 bits per heavy atom. The van der Waals surface area contributed by atoms with Crippen molar-refractivity contribution in [3.05, 3.63) is 59.1 Å². The standard InChI is InChI=1S/C12H4N2O5/c15-4-1-2-5-6(3-4)14-8-7(13-5)9(16)11(18)12(19)10(8)17/h1-3,16H. The highest BCUT2D eigenvalue weighted by Crippen LogP contribution is 2.16. The number of hydrogen-bond acceptors (Lipinski definition) is 7. The smallest absolute Gasteiger partial charge is 0.279 e. The van der Waals surface area contributed by atoms with E-state index in [2.05, 4.69) is 9.97 Å². The average Bonchev–Trinajstić information content (AvgIpc) is 2.41. The van der Waals surface area contributed by atoms with Gasteiger partial charge in [-0.1, -0.05) is 0 Å². The van der Waals surface area contributed by atoms with Crippen molar-refractivity contribution in [3.63, 3.8) is 0 Å². The fourth-order valence-electron chi connectivity index (χ4n) is 1.78. The van der Waals surface area contributed by atoms with Gasteiger partial charge in [-0.3, -0.25) is 19.2 Å². The van der Waals surface area contributed by atoms with E-state index in [4.69, 9.17) is 0 Å². The van der Waals surface area contributed by atoms with Gasteiger partial charge in [-0.25, -0.2) is 9.97 Å². The normalized spacial score (nSPS) is 11.2. The van der Waals surface area contributed by atoms with Crippen molar-refractivity contribution in [1.82, 2.24) is 9.97 Å². The molecule has 0 amide bonds. The first-order valence-electron chi connectivity index (χ1n) is 5.17. The molecule has 0 radical (unpaired) electrons. The second-order valence-corrected chi connectivity index (χ2v) is 3.91. The lowest BCUT2D eigenvalue weighted by Crippen LogP contribution is -2.37. The Morgan fingerprint density at radius 1 is 0.789 bits per heavy atom. The Labute approximate surface area is 103 Å². The SMILES string of the molecule is O=c1ccc2nc3c(O)c(=O)c(=O)c(=O)c3nc2c1. The van der Waals surface area contributed by atoms with Gasteiger partial charge in [-0.2, -0.15) is 0 Å². The third-order valence-corrected chi connectivity index (χ3v) is 2.70. The van der Waals surface area contributed by atoms with Crippen LogP contribution in [0, 0.1) is 0 Å². The second-order valence-electron chi connectivity index (χ2n) is 3.91. The van der Waals surface area contributed by atoms with Crippen LogP contribution in [0.1, 0.15) is 0 Å². The van der Waals surface area contributed by atoms with E-state index in [0.29, 0.717) is 0 Å². The van der Waals surface area contributed by atoms with Crippen molar-refractivity contribution in [2.75, 3.05) is 0 Å². The Hall–Kier alpha value is -2.96. The summed E-state index contributed by atoms with van der Waals surface area (Å²) in [4.78, 5) is 53.1. The van der Waals surface area contributed by atoms with E-state index in [1.54, 1.807) is 0 Å². The third kappa shape index (κ3) is 1.45. The van der Waals surface area contributed by atoms with Crippen molar-refractivity contribution in [2.45, 2.75) is 0 Å². The van der Waals surface area contributed by atoms with Gasteiger partial charge in [0.15, 0.2) is 11.2 Å². The topological polar surface area (TPSA) is 114 Å². The average molecular weight is 256 g/mol. The van der Waals surface area contributed by atoms with Crippen LogP contribution in [-0.4, -0.2) is 15.1 Å². The van der Waals surface area contributed by atoms with E-state index in [0.717, 1.165) is 6.07 Å². The van der Waals surface area contributed by atoms with E-state index in [-0.39, 0.29) is 22.0 Å². The molecule has 0 spiro atoms. The lowest BCUT2D eigenvalue weighted by atomic mass is 10.2. The minimum Gasteiger partial charge on any atom is -0.502 e. The van der Waals surface area contributed by atoms with Gasteiger partial charge in [0, 0.05) is 6.07 Å². The molecule has 0 unspecified atom stereocenters. The molecule has 0 aliphatic carbocycles. The fraction of sp³-hybridized carbons (Fsp3) is 0. The number of aromatic hydroxyl groups is 1. The summed E-state index contributed by atoms with van der Waals surface area (Å²) >= 11 is 0. The number of phenols is 1. The molecule has 0 saturated carbocycles. The van der Waals surface area contributed by atoms with Crippen LogP contribution in [0.4, 0.5) is 0 Å². The van der Waals surface area contributed by atoms with Gasteiger partial charge in [0.25, 0.3) is 16.3 Å². The highest BCUT2D eigenvalue weighted by Gasteiger charge is 2.17. The van der Waals surface area contributed by atoms with Crippen molar-refractivity contribution in [1.29, 1.82) is 0 Å². The van der Waals surface area contributed by atoms with Crippen LogP contribution in [0.5, 0.6) is 5.75 Å². The number of benzene rings is 2. The summed E-state index contributed by atoms with van der Waals surface area (Å²) in [5.74, 6) is -0.903. The molecule has 19 heavy (non-hydrogen) atoms. The summed E-state index contributed by atoms with van der Waals surface area (Å²) in [6.45, 7) is 0. The zero-order valence-electron chi connectivity index (χ0n) is 9.21. The molecule has 0 bridgehead atoms. The first-order chi connectivity index (χ1) is 8.99. The first-order valence-corrected chi connectivity index (χ1v) is 5.17. The molecule has 7 nitrogen and oxygen atoms in total. The van der Waals surface area contributed by atoms with Gasteiger partial charge in [0.2, 0.25) is 0 Å². The maximum atomic E-state index is 11.6. The maximum absolute atomic E-state index is 11.6. The van der Waals surface area contributed by atoms with E-state index < -0.39 is 27.6 Å². The van der Waals surface area contributed by atoms with Crippen LogP contribution in [0.2, 0.25) is 0 Å². The molecule has 0 saturated heterocycles. The summed E-state index contributed by atoms with van der Waals surface area (Å²) < 4.78 is 0. The molecule has 1 N–H and O–H groups in total.